The number of benzene rings is 1. The topological polar surface area (TPSA) is 40.6 Å². The molecule has 2 heterocycles. The number of hydrogen-bond donors (Lipinski definition) is 0. The summed E-state index contributed by atoms with van der Waals surface area (Å²) in [6.45, 7) is 2.63. The standard InChI is InChI=1S/C19H26N2O2/c22-18-9-5-2-6-12-21(18)15-19(23)20-13-10-17(11-14-20)16-7-3-1-4-8-16/h1,3-4,7-8,17H,2,5-6,9-15H2. The van der Waals surface area contributed by atoms with Crippen molar-refractivity contribution in [2.24, 2.45) is 0 Å². The van der Waals surface area contributed by atoms with E-state index in [1.807, 2.05) is 11.0 Å². The molecular weight excluding hydrogens is 288 g/mol. The first-order valence-corrected chi connectivity index (χ1v) is 8.84. The van der Waals surface area contributed by atoms with Gasteiger partial charge < -0.3 is 9.80 Å². The monoisotopic (exact) mass is 314 g/mol. The summed E-state index contributed by atoms with van der Waals surface area (Å²) in [4.78, 5) is 28.2. The Hall–Kier alpha value is -1.84. The fourth-order valence-corrected chi connectivity index (χ4v) is 3.66. The molecule has 0 saturated carbocycles. The second kappa shape index (κ2) is 7.62. The number of piperidine rings is 1. The molecule has 0 radical (unpaired) electrons. The van der Waals surface area contributed by atoms with Crippen molar-refractivity contribution in [2.75, 3.05) is 26.2 Å². The second-order valence-corrected chi connectivity index (χ2v) is 6.69. The summed E-state index contributed by atoms with van der Waals surface area (Å²) in [6.07, 6.45) is 5.72. The van der Waals surface area contributed by atoms with Crippen LogP contribution < -0.4 is 0 Å². The summed E-state index contributed by atoms with van der Waals surface area (Å²) in [7, 11) is 0. The third-order valence-electron chi connectivity index (χ3n) is 5.12. The van der Waals surface area contributed by atoms with Crippen LogP contribution in [0.15, 0.2) is 30.3 Å². The van der Waals surface area contributed by atoms with Crippen molar-refractivity contribution in [1.29, 1.82) is 0 Å². The van der Waals surface area contributed by atoms with E-state index in [0.717, 1.165) is 51.7 Å². The van der Waals surface area contributed by atoms with Gasteiger partial charge in [0.05, 0.1) is 6.54 Å². The third-order valence-corrected chi connectivity index (χ3v) is 5.12. The van der Waals surface area contributed by atoms with Crippen LogP contribution >= 0.6 is 0 Å². The highest BCUT2D eigenvalue weighted by Crippen LogP contribution is 2.27. The lowest BCUT2D eigenvalue weighted by atomic mass is 9.89. The molecule has 2 saturated heterocycles. The molecule has 0 bridgehead atoms. The van der Waals surface area contributed by atoms with Gasteiger partial charge in [0.2, 0.25) is 11.8 Å². The van der Waals surface area contributed by atoms with Crippen molar-refractivity contribution < 1.29 is 9.59 Å². The molecule has 2 fully saturated rings. The van der Waals surface area contributed by atoms with Gasteiger partial charge in [0.15, 0.2) is 0 Å². The normalized spacial score (nSPS) is 20.4. The summed E-state index contributed by atoms with van der Waals surface area (Å²) < 4.78 is 0. The van der Waals surface area contributed by atoms with Crippen molar-refractivity contribution in [2.45, 2.75) is 44.4 Å². The highest BCUT2D eigenvalue weighted by Gasteiger charge is 2.26. The highest BCUT2D eigenvalue weighted by atomic mass is 16.2. The van der Waals surface area contributed by atoms with Gasteiger partial charge in [-0.2, -0.15) is 0 Å². The molecule has 0 aliphatic carbocycles. The zero-order valence-electron chi connectivity index (χ0n) is 13.7. The molecule has 4 heteroatoms. The number of likely N-dealkylation sites (tertiary alicyclic amines) is 2. The first-order valence-electron chi connectivity index (χ1n) is 8.84. The summed E-state index contributed by atoms with van der Waals surface area (Å²) in [6, 6.07) is 10.6. The average molecular weight is 314 g/mol. The van der Waals surface area contributed by atoms with E-state index >= 15 is 0 Å². The second-order valence-electron chi connectivity index (χ2n) is 6.69. The minimum atomic E-state index is 0.117. The molecule has 0 aromatic heterocycles. The van der Waals surface area contributed by atoms with E-state index in [1.165, 1.54) is 5.56 Å². The maximum absolute atomic E-state index is 12.5. The largest absolute Gasteiger partial charge is 0.341 e. The molecule has 2 aliphatic heterocycles. The first kappa shape index (κ1) is 16.0. The fraction of sp³-hybridized carbons (Fsp3) is 0.579. The van der Waals surface area contributed by atoms with Gasteiger partial charge in [-0.1, -0.05) is 36.8 Å². The van der Waals surface area contributed by atoms with E-state index in [-0.39, 0.29) is 18.4 Å². The van der Waals surface area contributed by atoms with Crippen LogP contribution in [0.5, 0.6) is 0 Å². The number of carbonyl (C=O) groups is 2. The van der Waals surface area contributed by atoms with Gasteiger partial charge in [0, 0.05) is 26.1 Å². The number of amides is 2. The predicted octanol–water partition coefficient (Wildman–Crippen LogP) is 2.80. The Labute approximate surface area is 138 Å². The van der Waals surface area contributed by atoms with Crippen molar-refractivity contribution in [3.05, 3.63) is 35.9 Å². The summed E-state index contributed by atoms with van der Waals surface area (Å²) in [5.74, 6) is 0.821. The molecule has 2 amide bonds. The summed E-state index contributed by atoms with van der Waals surface area (Å²) >= 11 is 0. The first-order chi connectivity index (χ1) is 11.2. The molecule has 4 nitrogen and oxygen atoms in total. The molecule has 0 atom stereocenters. The molecule has 1 aromatic carbocycles. The Morgan fingerprint density at radius 1 is 1.00 bits per heavy atom. The SMILES string of the molecule is O=C(CN1CCCCCC1=O)N1CCC(c2ccccc2)CC1. The van der Waals surface area contributed by atoms with Crippen molar-refractivity contribution in [1.82, 2.24) is 9.80 Å². The van der Waals surface area contributed by atoms with Gasteiger partial charge >= 0.3 is 0 Å². The van der Waals surface area contributed by atoms with Crippen LogP contribution in [0, 0.1) is 0 Å². The van der Waals surface area contributed by atoms with Crippen molar-refractivity contribution >= 4 is 11.8 Å². The van der Waals surface area contributed by atoms with Gasteiger partial charge in [-0.25, -0.2) is 0 Å². The molecular formula is C19H26N2O2. The van der Waals surface area contributed by atoms with Gasteiger partial charge in [-0.05, 0) is 37.2 Å². The van der Waals surface area contributed by atoms with Gasteiger partial charge in [0.1, 0.15) is 0 Å². The van der Waals surface area contributed by atoms with E-state index in [1.54, 1.807) is 4.90 Å². The van der Waals surface area contributed by atoms with Crippen LogP contribution in [-0.2, 0) is 9.59 Å². The number of carbonyl (C=O) groups excluding carboxylic acids is 2. The Bertz CT molecular complexity index is 536. The molecule has 2 aliphatic rings. The maximum atomic E-state index is 12.5. The predicted molar refractivity (Wildman–Crippen MR) is 90.0 cm³/mol. The van der Waals surface area contributed by atoms with Crippen LogP contribution in [0.3, 0.4) is 0 Å². The minimum Gasteiger partial charge on any atom is -0.341 e. The van der Waals surface area contributed by atoms with Crippen molar-refractivity contribution in [3.8, 4) is 0 Å². The smallest absolute Gasteiger partial charge is 0.242 e. The minimum absolute atomic E-state index is 0.117. The molecule has 124 valence electrons. The van der Waals surface area contributed by atoms with E-state index in [2.05, 4.69) is 24.3 Å². The molecule has 0 unspecified atom stereocenters. The zero-order valence-corrected chi connectivity index (χ0v) is 13.7. The zero-order chi connectivity index (χ0) is 16.1. The lowest BCUT2D eigenvalue weighted by molar-refractivity contribution is -0.140. The Balaban J connectivity index is 1.51. The fourth-order valence-electron chi connectivity index (χ4n) is 3.66. The summed E-state index contributed by atoms with van der Waals surface area (Å²) in [5, 5.41) is 0. The van der Waals surface area contributed by atoms with Crippen LogP contribution in [0.25, 0.3) is 0 Å². The Morgan fingerprint density at radius 2 is 1.74 bits per heavy atom. The molecule has 0 spiro atoms. The van der Waals surface area contributed by atoms with E-state index < -0.39 is 0 Å². The number of nitrogens with zero attached hydrogens (tertiary/aromatic N) is 2. The highest BCUT2D eigenvalue weighted by molar-refractivity contribution is 5.85. The number of hydrogen-bond acceptors (Lipinski definition) is 2. The Morgan fingerprint density at radius 3 is 2.48 bits per heavy atom. The van der Waals surface area contributed by atoms with E-state index in [9.17, 15) is 9.59 Å². The average Bonchev–Trinajstić information content (AvgIpc) is 2.80. The molecule has 23 heavy (non-hydrogen) atoms. The molecule has 3 rings (SSSR count). The lowest BCUT2D eigenvalue weighted by Gasteiger charge is -2.33. The number of rotatable bonds is 3. The molecule has 1 aromatic rings. The lowest BCUT2D eigenvalue weighted by Crippen LogP contribution is -2.45. The summed E-state index contributed by atoms with van der Waals surface area (Å²) in [5.41, 5.74) is 1.38. The quantitative estimate of drug-likeness (QED) is 0.861. The van der Waals surface area contributed by atoms with Crippen LogP contribution in [0.1, 0.15) is 50.0 Å². The Kier molecular flexibility index (Phi) is 5.31. The van der Waals surface area contributed by atoms with Gasteiger partial charge in [-0.3, -0.25) is 9.59 Å². The van der Waals surface area contributed by atoms with Gasteiger partial charge in [-0.15, -0.1) is 0 Å². The maximum Gasteiger partial charge on any atom is 0.242 e. The molecule has 0 N–H and O–H groups in total. The van der Waals surface area contributed by atoms with Crippen molar-refractivity contribution in [3.63, 3.8) is 0 Å². The van der Waals surface area contributed by atoms with Crippen LogP contribution in [0.2, 0.25) is 0 Å². The third kappa shape index (κ3) is 4.12. The van der Waals surface area contributed by atoms with Crippen LogP contribution in [-0.4, -0.2) is 47.8 Å². The van der Waals surface area contributed by atoms with E-state index in [4.69, 9.17) is 0 Å². The van der Waals surface area contributed by atoms with Crippen LogP contribution in [0.4, 0.5) is 0 Å². The van der Waals surface area contributed by atoms with E-state index in [0.29, 0.717) is 12.3 Å². The van der Waals surface area contributed by atoms with Gasteiger partial charge in [0.25, 0.3) is 0 Å².